The highest BCUT2D eigenvalue weighted by Gasteiger charge is 2.33. The van der Waals surface area contributed by atoms with E-state index in [0.29, 0.717) is 30.3 Å². The molecule has 9 heteroatoms. The first kappa shape index (κ1) is 21.6. The summed E-state index contributed by atoms with van der Waals surface area (Å²) in [6.45, 7) is 1.38. The summed E-state index contributed by atoms with van der Waals surface area (Å²) in [7, 11) is -1.85. The number of urea groups is 1. The molecule has 29 heavy (non-hydrogen) atoms. The number of amides is 2. The molecule has 0 aliphatic carbocycles. The van der Waals surface area contributed by atoms with Gasteiger partial charge in [0.2, 0.25) is 0 Å². The molecule has 1 aliphatic heterocycles. The summed E-state index contributed by atoms with van der Waals surface area (Å²) in [6.07, 6.45) is 3.29. The van der Waals surface area contributed by atoms with Crippen molar-refractivity contribution in [3.05, 3.63) is 47.3 Å². The first-order valence-corrected chi connectivity index (χ1v) is 12.0. The largest absolute Gasteiger partial charge is 0.497 e. The minimum absolute atomic E-state index is 0.0854. The first-order valence-electron chi connectivity index (χ1n) is 9.70. The number of methoxy groups -OCH3 is 1. The number of piperidine rings is 1. The number of sulfonamides is 1. The summed E-state index contributed by atoms with van der Waals surface area (Å²) in [5.41, 5.74) is 0.974. The maximum atomic E-state index is 12.9. The Morgan fingerprint density at radius 3 is 2.69 bits per heavy atom. The lowest BCUT2D eigenvalue weighted by atomic mass is 10.0. The Morgan fingerprint density at radius 2 is 2.00 bits per heavy atom. The minimum atomic E-state index is -3.46. The van der Waals surface area contributed by atoms with E-state index in [1.165, 1.54) is 11.3 Å². The van der Waals surface area contributed by atoms with Gasteiger partial charge in [-0.15, -0.1) is 11.3 Å². The molecule has 1 aliphatic rings. The summed E-state index contributed by atoms with van der Waals surface area (Å²) in [5, 5.41) is 7.43. The van der Waals surface area contributed by atoms with Gasteiger partial charge in [0.25, 0.3) is 10.0 Å². The molecule has 2 N–H and O–H groups in total. The second-order valence-electron chi connectivity index (χ2n) is 6.94. The van der Waals surface area contributed by atoms with Gasteiger partial charge in [0.1, 0.15) is 9.96 Å². The average molecular weight is 438 g/mol. The summed E-state index contributed by atoms with van der Waals surface area (Å²) in [6, 6.07) is 10.5. The maximum Gasteiger partial charge on any atom is 0.315 e. The molecule has 3 rings (SSSR count). The van der Waals surface area contributed by atoms with Gasteiger partial charge in [-0.1, -0.05) is 24.6 Å². The number of thiophene rings is 1. The van der Waals surface area contributed by atoms with Gasteiger partial charge < -0.3 is 15.4 Å². The molecule has 7 nitrogen and oxygen atoms in total. The molecule has 1 unspecified atom stereocenters. The van der Waals surface area contributed by atoms with Gasteiger partial charge in [-0.2, -0.15) is 4.31 Å². The van der Waals surface area contributed by atoms with E-state index in [9.17, 15) is 13.2 Å². The Labute approximate surface area is 176 Å². The van der Waals surface area contributed by atoms with Crippen molar-refractivity contribution < 1.29 is 17.9 Å². The van der Waals surface area contributed by atoms with Crippen molar-refractivity contribution in [2.45, 2.75) is 42.5 Å². The zero-order chi connectivity index (χ0) is 20.7. The zero-order valence-electron chi connectivity index (χ0n) is 16.5. The number of hydrogen-bond donors (Lipinski definition) is 2. The molecule has 1 atom stereocenters. The van der Waals surface area contributed by atoms with Crippen LogP contribution in [-0.4, -0.2) is 45.0 Å². The molecule has 1 aromatic carbocycles. The zero-order valence-corrected chi connectivity index (χ0v) is 18.1. The topological polar surface area (TPSA) is 87.7 Å². The van der Waals surface area contributed by atoms with Crippen molar-refractivity contribution in [1.29, 1.82) is 0 Å². The third-order valence-electron chi connectivity index (χ3n) is 5.01. The monoisotopic (exact) mass is 437 g/mol. The average Bonchev–Trinajstić information content (AvgIpc) is 3.29. The Hall–Kier alpha value is -2.10. The van der Waals surface area contributed by atoms with Gasteiger partial charge in [-0.3, -0.25) is 0 Å². The lowest BCUT2D eigenvalue weighted by Crippen LogP contribution is -2.45. The molecule has 0 saturated carbocycles. The second-order valence-corrected chi connectivity index (χ2v) is 10.0. The standard InChI is InChI=1S/C20H27N3O4S2/c1-27-18-9-7-16(8-10-18)15-22-20(24)21-12-11-17-5-2-3-13-23(17)29(25,26)19-6-4-14-28-19/h4,6-10,14,17H,2-3,5,11-13,15H2,1H3,(H2,21,22,24). The van der Waals surface area contributed by atoms with E-state index in [4.69, 9.17) is 4.74 Å². The summed E-state index contributed by atoms with van der Waals surface area (Å²) in [5.74, 6) is 0.771. The van der Waals surface area contributed by atoms with E-state index in [2.05, 4.69) is 10.6 Å². The van der Waals surface area contributed by atoms with E-state index < -0.39 is 10.0 Å². The maximum absolute atomic E-state index is 12.9. The number of carbonyl (C=O) groups is 1. The third-order valence-corrected chi connectivity index (χ3v) is 8.33. The number of carbonyl (C=O) groups excluding carboxylic acids is 1. The smallest absolute Gasteiger partial charge is 0.315 e. The van der Waals surface area contributed by atoms with Gasteiger partial charge in [0.15, 0.2) is 0 Å². The Morgan fingerprint density at radius 1 is 1.21 bits per heavy atom. The highest BCUT2D eigenvalue weighted by atomic mass is 32.2. The number of benzene rings is 1. The van der Waals surface area contributed by atoms with Gasteiger partial charge in [-0.25, -0.2) is 13.2 Å². The predicted octanol–water partition coefficient (Wildman–Crippen LogP) is 3.19. The fraction of sp³-hybridized carbons (Fsp3) is 0.450. The van der Waals surface area contributed by atoms with E-state index in [1.807, 2.05) is 24.3 Å². The molecule has 0 radical (unpaired) electrons. The minimum Gasteiger partial charge on any atom is -0.497 e. The summed E-state index contributed by atoms with van der Waals surface area (Å²) in [4.78, 5) is 12.1. The van der Waals surface area contributed by atoms with Crippen LogP contribution in [0.5, 0.6) is 5.75 Å². The van der Waals surface area contributed by atoms with Crippen LogP contribution in [0.3, 0.4) is 0 Å². The molecule has 2 amide bonds. The summed E-state index contributed by atoms with van der Waals surface area (Å²) >= 11 is 1.24. The van der Waals surface area contributed by atoms with Crippen LogP contribution < -0.4 is 15.4 Å². The Balaban J connectivity index is 1.47. The Kier molecular flexibility index (Phi) is 7.51. The number of nitrogens with one attached hydrogen (secondary N) is 2. The van der Waals surface area contributed by atoms with Gasteiger partial charge >= 0.3 is 6.03 Å². The molecular weight excluding hydrogens is 410 g/mol. The SMILES string of the molecule is COc1ccc(CNC(=O)NCCC2CCCCN2S(=O)(=O)c2cccs2)cc1. The van der Waals surface area contributed by atoms with Crippen LogP contribution in [0.4, 0.5) is 4.79 Å². The number of rotatable bonds is 8. The highest BCUT2D eigenvalue weighted by Crippen LogP contribution is 2.29. The fourth-order valence-electron chi connectivity index (χ4n) is 3.45. The molecule has 2 aromatic rings. The first-order chi connectivity index (χ1) is 14.0. The van der Waals surface area contributed by atoms with Crippen LogP contribution in [0.2, 0.25) is 0 Å². The third kappa shape index (κ3) is 5.71. The van der Waals surface area contributed by atoms with Crippen molar-refractivity contribution >= 4 is 27.4 Å². The van der Waals surface area contributed by atoms with E-state index >= 15 is 0 Å². The van der Waals surface area contributed by atoms with Crippen molar-refractivity contribution in [3.63, 3.8) is 0 Å². The predicted molar refractivity (Wildman–Crippen MR) is 114 cm³/mol. The number of hydrogen-bond acceptors (Lipinski definition) is 5. The van der Waals surface area contributed by atoms with Crippen molar-refractivity contribution in [2.24, 2.45) is 0 Å². The quantitative estimate of drug-likeness (QED) is 0.664. The lowest BCUT2D eigenvalue weighted by Gasteiger charge is -2.34. The number of ether oxygens (including phenoxy) is 1. The van der Waals surface area contributed by atoms with Crippen LogP contribution in [0, 0.1) is 0 Å². The number of nitrogens with zero attached hydrogens (tertiary/aromatic N) is 1. The normalized spacial score (nSPS) is 17.6. The van der Waals surface area contributed by atoms with Gasteiger partial charge in [0, 0.05) is 25.7 Å². The van der Waals surface area contributed by atoms with Crippen molar-refractivity contribution in [3.8, 4) is 5.75 Å². The van der Waals surface area contributed by atoms with Crippen LogP contribution in [0.15, 0.2) is 46.0 Å². The van der Waals surface area contributed by atoms with E-state index in [0.717, 1.165) is 30.6 Å². The van der Waals surface area contributed by atoms with Crippen LogP contribution >= 0.6 is 11.3 Å². The van der Waals surface area contributed by atoms with Crippen molar-refractivity contribution in [2.75, 3.05) is 20.2 Å². The van der Waals surface area contributed by atoms with Crippen LogP contribution in [0.25, 0.3) is 0 Å². The van der Waals surface area contributed by atoms with E-state index in [-0.39, 0.29) is 12.1 Å². The molecule has 2 heterocycles. The lowest BCUT2D eigenvalue weighted by molar-refractivity contribution is 0.229. The molecular formula is C20H27N3O4S2. The molecule has 0 bridgehead atoms. The molecule has 158 valence electrons. The van der Waals surface area contributed by atoms with Crippen molar-refractivity contribution in [1.82, 2.24) is 14.9 Å². The Bertz CT molecular complexity index is 883. The molecule has 0 spiro atoms. The molecule has 1 fully saturated rings. The molecule has 1 saturated heterocycles. The van der Waals surface area contributed by atoms with Gasteiger partial charge in [-0.05, 0) is 48.4 Å². The highest BCUT2D eigenvalue weighted by molar-refractivity contribution is 7.91. The fourth-order valence-corrected chi connectivity index (χ4v) is 6.29. The van der Waals surface area contributed by atoms with Crippen LogP contribution in [-0.2, 0) is 16.6 Å². The summed E-state index contributed by atoms with van der Waals surface area (Å²) < 4.78 is 32.9. The van der Waals surface area contributed by atoms with Crippen LogP contribution in [0.1, 0.15) is 31.2 Å². The molecule has 1 aromatic heterocycles. The van der Waals surface area contributed by atoms with Gasteiger partial charge in [0.05, 0.1) is 7.11 Å². The second kappa shape index (κ2) is 10.1. The van der Waals surface area contributed by atoms with E-state index in [1.54, 1.807) is 28.9 Å².